The lowest BCUT2D eigenvalue weighted by molar-refractivity contribution is 0.125. The zero-order chi connectivity index (χ0) is 15.1. The number of ether oxygens (including phenoxy) is 1. The van der Waals surface area contributed by atoms with Crippen molar-refractivity contribution >= 4 is 5.69 Å². The van der Waals surface area contributed by atoms with E-state index in [2.05, 4.69) is 19.1 Å². The number of aryl methyl sites for hydroxylation is 1. The van der Waals surface area contributed by atoms with Crippen LogP contribution in [0.4, 0.5) is 5.69 Å². The summed E-state index contributed by atoms with van der Waals surface area (Å²) in [6, 6.07) is 8.31. The molecule has 2 N–H and O–H groups in total. The van der Waals surface area contributed by atoms with Crippen molar-refractivity contribution in [2.75, 3.05) is 19.5 Å². The van der Waals surface area contributed by atoms with Crippen LogP contribution in [0.1, 0.15) is 57.4 Å². The lowest BCUT2D eigenvalue weighted by atomic mass is 9.68. The number of hydrogen-bond acceptors (Lipinski definition) is 2. The fraction of sp³-hybridized carbons (Fsp3) is 0.684. The summed E-state index contributed by atoms with van der Waals surface area (Å²) in [5.74, 6) is 0.889. The molecule has 1 aromatic carbocycles. The largest absolute Gasteiger partial charge is 0.399 e. The second-order valence-electron chi connectivity index (χ2n) is 7.09. The number of anilines is 1. The number of benzene rings is 1. The molecule has 21 heavy (non-hydrogen) atoms. The predicted octanol–water partition coefficient (Wildman–Crippen LogP) is 4.82. The summed E-state index contributed by atoms with van der Waals surface area (Å²) in [5, 5.41) is 0. The minimum atomic E-state index is 0.556. The van der Waals surface area contributed by atoms with Crippen LogP contribution in [0.2, 0.25) is 0 Å². The fourth-order valence-electron chi connectivity index (χ4n) is 3.68. The minimum Gasteiger partial charge on any atom is -0.399 e. The van der Waals surface area contributed by atoms with E-state index in [1.807, 2.05) is 12.1 Å². The first-order valence-electron chi connectivity index (χ1n) is 8.45. The Kier molecular flexibility index (Phi) is 6.10. The van der Waals surface area contributed by atoms with Crippen LogP contribution in [-0.2, 0) is 11.2 Å². The van der Waals surface area contributed by atoms with Gasteiger partial charge in [-0.3, -0.25) is 0 Å². The molecule has 1 aliphatic carbocycles. The van der Waals surface area contributed by atoms with Crippen molar-refractivity contribution < 1.29 is 4.74 Å². The molecule has 118 valence electrons. The summed E-state index contributed by atoms with van der Waals surface area (Å²) in [4.78, 5) is 0. The number of nitrogens with two attached hydrogens (primary N) is 1. The summed E-state index contributed by atoms with van der Waals surface area (Å²) in [5.41, 5.74) is 8.87. The lowest BCUT2D eigenvalue weighted by Gasteiger charge is -2.37. The highest BCUT2D eigenvalue weighted by molar-refractivity contribution is 5.46. The third-order valence-corrected chi connectivity index (χ3v) is 5.32. The van der Waals surface area contributed by atoms with Gasteiger partial charge in [-0.05, 0) is 74.3 Å². The highest BCUT2D eigenvalue weighted by Gasteiger charge is 2.30. The Morgan fingerprint density at radius 3 is 2.62 bits per heavy atom. The molecule has 2 rings (SSSR count). The maximum absolute atomic E-state index is 6.04. The van der Waals surface area contributed by atoms with Crippen molar-refractivity contribution in [2.24, 2.45) is 11.3 Å². The maximum atomic E-state index is 6.04. The first-order chi connectivity index (χ1) is 10.1. The van der Waals surface area contributed by atoms with Gasteiger partial charge in [0, 0.05) is 19.4 Å². The normalized spacial score (nSPS) is 25.9. The minimum absolute atomic E-state index is 0.556. The van der Waals surface area contributed by atoms with E-state index in [4.69, 9.17) is 10.5 Å². The third-order valence-electron chi connectivity index (χ3n) is 5.32. The summed E-state index contributed by atoms with van der Waals surface area (Å²) < 4.78 is 5.19. The Balaban J connectivity index is 1.73. The standard InChI is InChI=1S/C19H31NO/c1-19(12-5-15-21-2)13-10-16(11-14-19)8-9-17-6-3-4-7-18(17)20/h3-4,6-7,16H,5,8-15,20H2,1-2H3. The Labute approximate surface area is 130 Å². The second-order valence-corrected chi connectivity index (χ2v) is 7.09. The smallest absolute Gasteiger partial charge is 0.0462 e. The molecule has 0 amide bonds. The van der Waals surface area contributed by atoms with Gasteiger partial charge in [-0.1, -0.05) is 25.1 Å². The molecule has 1 aromatic rings. The van der Waals surface area contributed by atoms with Crippen LogP contribution >= 0.6 is 0 Å². The lowest BCUT2D eigenvalue weighted by Crippen LogP contribution is -2.25. The van der Waals surface area contributed by atoms with Crippen LogP contribution in [0.15, 0.2) is 24.3 Å². The van der Waals surface area contributed by atoms with E-state index in [1.54, 1.807) is 7.11 Å². The van der Waals surface area contributed by atoms with Gasteiger partial charge in [0.2, 0.25) is 0 Å². The zero-order valence-electron chi connectivity index (χ0n) is 13.7. The molecule has 0 aliphatic heterocycles. The van der Waals surface area contributed by atoms with Crippen LogP contribution in [0.5, 0.6) is 0 Å². The predicted molar refractivity (Wildman–Crippen MR) is 90.4 cm³/mol. The van der Waals surface area contributed by atoms with Crippen molar-refractivity contribution in [3.8, 4) is 0 Å². The van der Waals surface area contributed by atoms with Crippen LogP contribution in [0.25, 0.3) is 0 Å². The van der Waals surface area contributed by atoms with Crippen LogP contribution in [0, 0.1) is 11.3 Å². The van der Waals surface area contributed by atoms with E-state index in [0.717, 1.165) is 24.6 Å². The molecule has 1 saturated carbocycles. The van der Waals surface area contributed by atoms with Gasteiger partial charge in [0.1, 0.15) is 0 Å². The molecule has 0 bridgehead atoms. The Morgan fingerprint density at radius 2 is 1.95 bits per heavy atom. The van der Waals surface area contributed by atoms with Crippen LogP contribution < -0.4 is 5.73 Å². The maximum Gasteiger partial charge on any atom is 0.0462 e. The average Bonchev–Trinajstić information content (AvgIpc) is 2.48. The van der Waals surface area contributed by atoms with Gasteiger partial charge in [0.05, 0.1) is 0 Å². The van der Waals surface area contributed by atoms with E-state index in [0.29, 0.717) is 5.41 Å². The molecule has 0 unspecified atom stereocenters. The molecular weight excluding hydrogens is 258 g/mol. The van der Waals surface area contributed by atoms with Crippen molar-refractivity contribution in [1.29, 1.82) is 0 Å². The van der Waals surface area contributed by atoms with Gasteiger partial charge in [0.25, 0.3) is 0 Å². The summed E-state index contributed by atoms with van der Waals surface area (Å²) in [7, 11) is 1.80. The van der Waals surface area contributed by atoms with Crippen molar-refractivity contribution in [2.45, 2.75) is 58.3 Å². The Bertz CT molecular complexity index is 421. The Morgan fingerprint density at radius 1 is 1.24 bits per heavy atom. The van der Waals surface area contributed by atoms with Crippen molar-refractivity contribution in [1.82, 2.24) is 0 Å². The van der Waals surface area contributed by atoms with Crippen LogP contribution in [-0.4, -0.2) is 13.7 Å². The van der Waals surface area contributed by atoms with Gasteiger partial charge >= 0.3 is 0 Å². The van der Waals surface area contributed by atoms with Gasteiger partial charge in [-0.25, -0.2) is 0 Å². The van der Waals surface area contributed by atoms with E-state index < -0.39 is 0 Å². The molecule has 2 heteroatoms. The molecule has 0 heterocycles. The summed E-state index contributed by atoms with van der Waals surface area (Å²) in [6.07, 6.45) is 10.5. The summed E-state index contributed by atoms with van der Waals surface area (Å²) in [6.45, 7) is 3.38. The van der Waals surface area contributed by atoms with Crippen molar-refractivity contribution in [3.63, 3.8) is 0 Å². The van der Waals surface area contributed by atoms with Gasteiger partial charge in [-0.15, -0.1) is 0 Å². The zero-order valence-corrected chi connectivity index (χ0v) is 13.7. The number of para-hydroxylation sites is 1. The van der Waals surface area contributed by atoms with Gasteiger partial charge in [0.15, 0.2) is 0 Å². The average molecular weight is 289 g/mol. The number of nitrogen functional groups attached to an aromatic ring is 1. The third kappa shape index (κ3) is 5.03. The van der Waals surface area contributed by atoms with Gasteiger partial charge < -0.3 is 10.5 Å². The molecule has 2 nitrogen and oxygen atoms in total. The number of hydrogen-bond donors (Lipinski definition) is 1. The molecule has 0 atom stereocenters. The first kappa shape index (κ1) is 16.4. The van der Waals surface area contributed by atoms with E-state index in [-0.39, 0.29) is 0 Å². The molecule has 0 aromatic heterocycles. The molecule has 0 spiro atoms. The fourth-order valence-corrected chi connectivity index (χ4v) is 3.68. The topological polar surface area (TPSA) is 35.2 Å². The second kappa shape index (κ2) is 7.84. The highest BCUT2D eigenvalue weighted by Crippen LogP contribution is 2.43. The molecule has 1 aliphatic rings. The number of methoxy groups -OCH3 is 1. The quantitative estimate of drug-likeness (QED) is 0.576. The Hall–Kier alpha value is -1.02. The monoisotopic (exact) mass is 289 g/mol. The molecule has 0 radical (unpaired) electrons. The SMILES string of the molecule is COCCCC1(C)CCC(CCc2ccccc2N)CC1. The van der Waals surface area contributed by atoms with Crippen molar-refractivity contribution in [3.05, 3.63) is 29.8 Å². The highest BCUT2D eigenvalue weighted by atomic mass is 16.5. The summed E-state index contributed by atoms with van der Waals surface area (Å²) >= 11 is 0. The first-order valence-corrected chi connectivity index (χ1v) is 8.45. The molecular formula is C19H31NO. The van der Waals surface area contributed by atoms with Crippen LogP contribution in [0.3, 0.4) is 0 Å². The van der Waals surface area contributed by atoms with E-state index in [1.165, 1.54) is 50.5 Å². The molecule has 1 fully saturated rings. The van der Waals surface area contributed by atoms with E-state index >= 15 is 0 Å². The molecule has 0 saturated heterocycles. The van der Waals surface area contributed by atoms with Gasteiger partial charge in [-0.2, -0.15) is 0 Å². The number of rotatable bonds is 7. The van der Waals surface area contributed by atoms with E-state index in [9.17, 15) is 0 Å².